The lowest BCUT2D eigenvalue weighted by Gasteiger charge is -2.21. The zero-order chi connectivity index (χ0) is 26.4. The number of phenolic OH excluding ortho intramolecular Hbond substituents is 1. The third-order valence-corrected chi connectivity index (χ3v) is 5.96. The van der Waals surface area contributed by atoms with Crippen LogP contribution in [0, 0.1) is 5.41 Å². The van der Waals surface area contributed by atoms with Crippen LogP contribution in [0.4, 0.5) is 20.3 Å². The number of phenols is 1. The fraction of sp³-hybridized carbons (Fsp3) is 0.333. The number of fused-ring (bicyclic) bond motifs is 1. The highest BCUT2D eigenvalue weighted by molar-refractivity contribution is 5.92. The molecule has 4 rings (SSSR count). The molecule has 190 valence electrons. The maximum atomic E-state index is 13.7. The third-order valence-electron chi connectivity index (χ3n) is 5.96. The Morgan fingerprint density at radius 3 is 2.11 bits per heavy atom. The Labute approximate surface area is 207 Å². The fourth-order valence-corrected chi connectivity index (χ4v) is 4.16. The number of nitrogens with one attached hydrogen (secondary N) is 1. The molecule has 2 heterocycles. The van der Waals surface area contributed by atoms with Gasteiger partial charge in [0.1, 0.15) is 17.0 Å². The first-order chi connectivity index (χ1) is 16.7. The van der Waals surface area contributed by atoms with Gasteiger partial charge in [-0.25, -0.2) is 13.6 Å². The summed E-state index contributed by atoms with van der Waals surface area (Å²) in [4.78, 5) is 26.4. The second-order valence-electron chi connectivity index (χ2n) is 10.4. The van der Waals surface area contributed by atoms with E-state index in [1.54, 1.807) is 39.6 Å². The maximum absolute atomic E-state index is 13.7. The number of hydrogen-bond donors (Lipinski definition) is 2. The molecule has 2 aromatic heterocycles. The molecule has 0 aliphatic rings. The summed E-state index contributed by atoms with van der Waals surface area (Å²) in [5.74, 6) is -2.38. The van der Waals surface area contributed by atoms with Crippen LogP contribution in [0.3, 0.4) is 0 Å². The van der Waals surface area contributed by atoms with Crippen LogP contribution in [0.5, 0.6) is 5.75 Å². The minimum absolute atomic E-state index is 0.0840. The SMILES string of the molecule is Cn1c(=O)c2c(Nc3ccc(O)cc3)n(Cc3ccc(C(C)(F)F)cc3)cc2n(CC(C)(C)C)c1=O. The molecule has 2 N–H and O–H groups in total. The molecule has 0 aliphatic carbocycles. The number of halogens is 2. The van der Waals surface area contributed by atoms with Gasteiger partial charge in [-0.15, -0.1) is 0 Å². The molecule has 0 saturated carbocycles. The lowest BCUT2D eigenvalue weighted by molar-refractivity contribution is 0.0174. The van der Waals surface area contributed by atoms with Gasteiger partial charge in [-0.1, -0.05) is 45.0 Å². The number of aromatic nitrogens is 3. The molecular weight excluding hydrogens is 466 g/mol. The van der Waals surface area contributed by atoms with Crippen molar-refractivity contribution in [3.63, 3.8) is 0 Å². The first kappa shape index (κ1) is 25.2. The lowest BCUT2D eigenvalue weighted by Crippen LogP contribution is -2.39. The molecule has 0 unspecified atom stereocenters. The molecule has 0 bridgehead atoms. The number of hydrogen-bond acceptors (Lipinski definition) is 4. The van der Waals surface area contributed by atoms with E-state index in [0.717, 1.165) is 17.1 Å². The van der Waals surface area contributed by atoms with Crippen LogP contribution in [-0.2, 0) is 26.1 Å². The second-order valence-corrected chi connectivity index (χ2v) is 10.4. The van der Waals surface area contributed by atoms with Crippen LogP contribution in [0.1, 0.15) is 38.8 Å². The Balaban J connectivity index is 1.92. The molecule has 0 fully saturated rings. The smallest absolute Gasteiger partial charge is 0.331 e. The Bertz CT molecular complexity index is 1520. The van der Waals surface area contributed by atoms with Gasteiger partial charge in [0.15, 0.2) is 0 Å². The van der Waals surface area contributed by atoms with E-state index in [-0.39, 0.29) is 23.3 Å². The number of anilines is 2. The molecule has 0 spiro atoms. The van der Waals surface area contributed by atoms with Gasteiger partial charge in [0.05, 0.1) is 5.52 Å². The van der Waals surface area contributed by atoms with Gasteiger partial charge in [0, 0.05) is 44.5 Å². The van der Waals surface area contributed by atoms with Crippen molar-refractivity contribution in [2.45, 2.75) is 46.7 Å². The quantitative estimate of drug-likeness (QED) is 0.362. The Hall–Kier alpha value is -3.88. The first-order valence-electron chi connectivity index (χ1n) is 11.6. The van der Waals surface area contributed by atoms with Crippen molar-refractivity contribution in [3.8, 4) is 5.75 Å². The number of nitrogens with zero attached hydrogens (tertiary/aromatic N) is 3. The van der Waals surface area contributed by atoms with Crippen molar-refractivity contribution in [2.75, 3.05) is 5.32 Å². The Morgan fingerprint density at radius 1 is 0.944 bits per heavy atom. The van der Waals surface area contributed by atoms with Crippen LogP contribution in [-0.4, -0.2) is 18.8 Å². The summed E-state index contributed by atoms with van der Waals surface area (Å²) in [5.41, 5.74) is 0.688. The molecule has 7 nitrogen and oxygen atoms in total. The van der Waals surface area contributed by atoms with Crippen molar-refractivity contribution < 1.29 is 13.9 Å². The Kier molecular flexibility index (Phi) is 6.28. The summed E-state index contributed by atoms with van der Waals surface area (Å²) in [6.07, 6.45) is 1.74. The van der Waals surface area contributed by atoms with E-state index in [9.17, 15) is 23.5 Å². The zero-order valence-electron chi connectivity index (χ0n) is 21.0. The highest BCUT2D eigenvalue weighted by Crippen LogP contribution is 2.30. The molecule has 0 radical (unpaired) electrons. The van der Waals surface area contributed by atoms with Crippen molar-refractivity contribution in [3.05, 3.63) is 86.7 Å². The third kappa shape index (κ3) is 5.05. The second kappa shape index (κ2) is 8.96. The molecule has 0 amide bonds. The normalized spacial score (nSPS) is 12.3. The fourth-order valence-electron chi connectivity index (χ4n) is 4.16. The van der Waals surface area contributed by atoms with E-state index < -0.39 is 17.2 Å². The van der Waals surface area contributed by atoms with Gasteiger partial charge in [0.2, 0.25) is 0 Å². The lowest BCUT2D eigenvalue weighted by atomic mass is 9.97. The van der Waals surface area contributed by atoms with Crippen molar-refractivity contribution >= 4 is 22.4 Å². The number of aromatic hydroxyl groups is 1. The van der Waals surface area contributed by atoms with E-state index in [2.05, 4.69) is 5.32 Å². The van der Waals surface area contributed by atoms with Crippen LogP contribution >= 0.6 is 0 Å². The molecule has 9 heteroatoms. The van der Waals surface area contributed by atoms with E-state index in [1.807, 2.05) is 20.8 Å². The van der Waals surface area contributed by atoms with Crippen LogP contribution in [0.2, 0.25) is 0 Å². The highest BCUT2D eigenvalue weighted by Gasteiger charge is 2.25. The first-order valence-corrected chi connectivity index (χ1v) is 11.6. The number of alkyl halides is 2. The summed E-state index contributed by atoms with van der Waals surface area (Å²) in [7, 11) is 1.45. The maximum Gasteiger partial charge on any atom is 0.331 e. The summed E-state index contributed by atoms with van der Waals surface area (Å²) in [6.45, 7) is 7.54. The summed E-state index contributed by atoms with van der Waals surface area (Å²) < 4.78 is 31.9. The molecule has 2 aromatic carbocycles. The average molecular weight is 497 g/mol. The molecule has 0 atom stereocenters. The van der Waals surface area contributed by atoms with E-state index in [0.29, 0.717) is 29.0 Å². The summed E-state index contributed by atoms with van der Waals surface area (Å²) in [5, 5.41) is 13.3. The van der Waals surface area contributed by atoms with Gasteiger partial charge in [-0.05, 0) is 35.2 Å². The monoisotopic (exact) mass is 496 g/mol. The standard InChI is InChI=1S/C27H30F2N4O3/c1-26(2,3)16-33-21-15-32(14-17-6-8-18(9-7-17)27(4,28)29)23(22(21)24(35)31(5)25(33)36)30-19-10-12-20(34)13-11-19/h6-13,15,30,34H,14,16H2,1-5H3. The van der Waals surface area contributed by atoms with Gasteiger partial charge in [0.25, 0.3) is 11.5 Å². The average Bonchev–Trinajstić information content (AvgIpc) is 3.13. The van der Waals surface area contributed by atoms with Gasteiger partial charge in [-0.3, -0.25) is 13.9 Å². The van der Waals surface area contributed by atoms with E-state index in [4.69, 9.17) is 0 Å². The van der Waals surface area contributed by atoms with Crippen molar-refractivity contribution in [1.82, 2.24) is 13.7 Å². The van der Waals surface area contributed by atoms with Gasteiger partial charge in [-0.2, -0.15) is 0 Å². The Morgan fingerprint density at radius 2 is 1.56 bits per heavy atom. The predicted octanol–water partition coefficient (Wildman–Crippen LogP) is 5.16. The minimum Gasteiger partial charge on any atom is -0.508 e. The molecular formula is C27H30F2N4O3. The van der Waals surface area contributed by atoms with Crippen molar-refractivity contribution in [2.24, 2.45) is 12.5 Å². The van der Waals surface area contributed by atoms with Crippen molar-refractivity contribution in [1.29, 1.82) is 0 Å². The number of rotatable bonds is 6. The van der Waals surface area contributed by atoms with Crippen LogP contribution in [0.15, 0.2) is 64.3 Å². The molecule has 4 aromatic rings. The minimum atomic E-state index is -2.94. The molecule has 0 aliphatic heterocycles. The summed E-state index contributed by atoms with van der Waals surface area (Å²) >= 11 is 0. The van der Waals surface area contributed by atoms with Gasteiger partial charge >= 0.3 is 5.69 Å². The predicted molar refractivity (Wildman–Crippen MR) is 137 cm³/mol. The van der Waals surface area contributed by atoms with Crippen LogP contribution < -0.4 is 16.6 Å². The largest absolute Gasteiger partial charge is 0.508 e. The zero-order valence-corrected chi connectivity index (χ0v) is 21.0. The van der Waals surface area contributed by atoms with E-state index in [1.165, 1.54) is 31.3 Å². The summed E-state index contributed by atoms with van der Waals surface area (Å²) in [6, 6.07) is 12.4. The molecule has 0 saturated heterocycles. The number of benzene rings is 2. The van der Waals surface area contributed by atoms with Crippen LogP contribution in [0.25, 0.3) is 10.9 Å². The van der Waals surface area contributed by atoms with Gasteiger partial charge < -0.3 is 15.0 Å². The highest BCUT2D eigenvalue weighted by atomic mass is 19.3. The molecule has 36 heavy (non-hydrogen) atoms. The van der Waals surface area contributed by atoms with E-state index >= 15 is 0 Å². The topological polar surface area (TPSA) is 81.2 Å².